The molecule has 0 atom stereocenters. The molecule has 0 fully saturated rings. The van der Waals surface area contributed by atoms with E-state index < -0.39 is 0 Å². The molecule has 2 aromatic carbocycles. The third-order valence-electron chi connectivity index (χ3n) is 4.45. The number of halogens is 1. The van der Waals surface area contributed by atoms with E-state index in [1.54, 1.807) is 7.11 Å². The largest absolute Gasteiger partial charge is 0.495 e. The van der Waals surface area contributed by atoms with Gasteiger partial charge in [-0.15, -0.1) is 11.3 Å². The van der Waals surface area contributed by atoms with Gasteiger partial charge in [0.05, 0.1) is 16.8 Å². The van der Waals surface area contributed by atoms with Crippen molar-refractivity contribution in [3.05, 3.63) is 56.7 Å². The van der Waals surface area contributed by atoms with Gasteiger partial charge in [0.15, 0.2) is 4.80 Å². The number of fused-ring (bicyclic) bond motifs is 2. The van der Waals surface area contributed by atoms with Crippen molar-refractivity contribution in [2.24, 2.45) is 4.99 Å². The molecule has 0 aliphatic carbocycles. The van der Waals surface area contributed by atoms with E-state index >= 15 is 0 Å². The van der Waals surface area contributed by atoms with E-state index in [2.05, 4.69) is 4.99 Å². The lowest BCUT2D eigenvalue weighted by molar-refractivity contribution is 0.100. The molecule has 2 heterocycles. The van der Waals surface area contributed by atoms with Crippen LogP contribution in [0.3, 0.4) is 0 Å². The summed E-state index contributed by atoms with van der Waals surface area (Å²) in [5.74, 6) is 0.467. The van der Waals surface area contributed by atoms with Crippen molar-refractivity contribution >= 4 is 60.5 Å². The van der Waals surface area contributed by atoms with E-state index in [0.29, 0.717) is 21.2 Å². The zero-order chi connectivity index (χ0) is 19.1. The van der Waals surface area contributed by atoms with Crippen LogP contribution in [-0.4, -0.2) is 17.6 Å². The monoisotopic (exact) mass is 416 g/mol. The van der Waals surface area contributed by atoms with Gasteiger partial charge < -0.3 is 9.30 Å². The molecule has 0 spiro atoms. The Bertz CT molecular complexity index is 1250. The number of amides is 1. The zero-order valence-electron chi connectivity index (χ0n) is 15.1. The summed E-state index contributed by atoms with van der Waals surface area (Å²) in [4.78, 5) is 18.5. The van der Waals surface area contributed by atoms with Crippen LogP contribution in [0.15, 0.2) is 41.4 Å². The number of carbonyl (C=O) groups is 1. The van der Waals surface area contributed by atoms with Crippen molar-refractivity contribution in [1.29, 1.82) is 0 Å². The molecular formula is C20H17ClN2O2S2. The summed E-state index contributed by atoms with van der Waals surface area (Å²) in [6.07, 6.45) is 0. The first kappa shape index (κ1) is 18.2. The van der Waals surface area contributed by atoms with E-state index in [9.17, 15) is 4.79 Å². The van der Waals surface area contributed by atoms with Gasteiger partial charge in [-0.1, -0.05) is 47.2 Å². The summed E-state index contributed by atoms with van der Waals surface area (Å²) >= 11 is 9.32. The van der Waals surface area contributed by atoms with Crippen LogP contribution in [0.25, 0.3) is 20.3 Å². The van der Waals surface area contributed by atoms with Crippen molar-refractivity contribution in [2.75, 3.05) is 7.11 Å². The number of carbonyl (C=O) groups excluding carboxylic acids is 1. The normalized spacial score (nSPS) is 12.2. The minimum Gasteiger partial charge on any atom is -0.495 e. The molecule has 0 N–H and O–H groups in total. The molecule has 0 radical (unpaired) electrons. The van der Waals surface area contributed by atoms with Crippen molar-refractivity contribution < 1.29 is 9.53 Å². The lowest BCUT2D eigenvalue weighted by atomic mass is 10.2. The number of hydrogen-bond donors (Lipinski definition) is 0. The Morgan fingerprint density at radius 1 is 1.22 bits per heavy atom. The van der Waals surface area contributed by atoms with E-state index in [1.807, 2.05) is 54.8 Å². The fourth-order valence-corrected chi connectivity index (χ4v) is 5.69. The second-order valence-corrected chi connectivity index (χ2v) is 8.46. The number of thiophene rings is 1. The minimum absolute atomic E-state index is 0.313. The van der Waals surface area contributed by atoms with Gasteiger partial charge in [-0.05, 0) is 31.5 Å². The number of hydrogen-bond acceptors (Lipinski definition) is 4. The average molecular weight is 417 g/mol. The van der Waals surface area contributed by atoms with Gasteiger partial charge in [0.2, 0.25) is 0 Å². The highest BCUT2D eigenvalue weighted by Crippen LogP contribution is 2.36. The molecule has 0 bridgehead atoms. The summed E-state index contributed by atoms with van der Waals surface area (Å²) in [6, 6.07) is 11.7. The average Bonchev–Trinajstić information content (AvgIpc) is 3.21. The highest BCUT2D eigenvalue weighted by Gasteiger charge is 2.18. The molecule has 4 rings (SSSR count). The zero-order valence-corrected chi connectivity index (χ0v) is 17.5. The second kappa shape index (κ2) is 7.11. The lowest BCUT2D eigenvalue weighted by Crippen LogP contribution is -2.16. The van der Waals surface area contributed by atoms with Crippen LogP contribution < -0.4 is 9.54 Å². The minimum atomic E-state index is -0.313. The summed E-state index contributed by atoms with van der Waals surface area (Å²) in [6.45, 7) is 4.77. The molecule has 0 aliphatic heterocycles. The number of benzene rings is 2. The number of thiazole rings is 1. The van der Waals surface area contributed by atoms with Crippen LogP contribution in [0.2, 0.25) is 5.02 Å². The van der Waals surface area contributed by atoms with Gasteiger partial charge in [0.1, 0.15) is 16.1 Å². The highest BCUT2D eigenvalue weighted by atomic mass is 35.5. The summed E-state index contributed by atoms with van der Waals surface area (Å²) in [7, 11) is 1.65. The molecule has 0 unspecified atom stereocenters. The van der Waals surface area contributed by atoms with Gasteiger partial charge in [0, 0.05) is 16.6 Å². The van der Waals surface area contributed by atoms with Gasteiger partial charge >= 0.3 is 0 Å². The van der Waals surface area contributed by atoms with Crippen LogP contribution in [0.5, 0.6) is 5.75 Å². The Morgan fingerprint density at radius 3 is 2.70 bits per heavy atom. The first-order valence-electron chi connectivity index (χ1n) is 8.48. The quantitative estimate of drug-likeness (QED) is 0.433. The lowest BCUT2D eigenvalue weighted by Gasteiger charge is -2.07. The molecule has 0 saturated heterocycles. The van der Waals surface area contributed by atoms with Crippen molar-refractivity contribution in [3.63, 3.8) is 0 Å². The van der Waals surface area contributed by atoms with Crippen LogP contribution in [0.4, 0.5) is 0 Å². The molecule has 138 valence electrons. The van der Waals surface area contributed by atoms with Crippen LogP contribution >= 0.6 is 34.3 Å². The topological polar surface area (TPSA) is 43.6 Å². The van der Waals surface area contributed by atoms with Gasteiger partial charge in [-0.2, -0.15) is 4.99 Å². The Balaban J connectivity index is 1.93. The third-order valence-corrected chi connectivity index (χ3v) is 7.33. The fourth-order valence-electron chi connectivity index (χ4n) is 3.11. The third kappa shape index (κ3) is 2.98. The van der Waals surface area contributed by atoms with E-state index in [0.717, 1.165) is 31.6 Å². The molecule has 7 heteroatoms. The Kier molecular flexibility index (Phi) is 4.80. The maximum atomic E-state index is 12.9. The molecule has 1 amide bonds. The predicted molar refractivity (Wildman–Crippen MR) is 114 cm³/mol. The maximum Gasteiger partial charge on any atom is 0.291 e. The van der Waals surface area contributed by atoms with Crippen LogP contribution in [-0.2, 0) is 6.54 Å². The van der Waals surface area contributed by atoms with Gasteiger partial charge in [0.25, 0.3) is 5.91 Å². The van der Waals surface area contributed by atoms with Crippen LogP contribution in [0.1, 0.15) is 22.2 Å². The second-order valence-electron chi connectivity index (χ2n) is 6.05. The van der Waals surface area contributed by atoms with Crippen molar-refractivity contribution in [2.45, 2.75) is 20.4 Å². The smallest absolute Gasteiger partial charge is 0.291 e. The van der Waals surface area contributed by atoms with Gasteiger partial charge in [-0.25, -0.2) is 0 Å². The van der Waals surface area contributed by atoms with Crippen molar-refractivity contribution in [1.82, 2.24) is 4.57 Å². The van der Waals surface area contributed by atoms with Gasteiger partial charge in [-0.3, -0.25) is 4.79 Å². The Hall–Kier alpha value is -2.15. The van der Waals surface area contributed by atoms with E-state index in [1.165, 1.54) is 22.7 Å². The number of nitrogens with zero attached hydrogens (tertiary/aromatic N) is 2. The Morgan fingerprint density at radius 2 is 2.00 bits per heavy atom. The predicted octanol–water partition coefficient (Wildman–Crippen LogP) is 5.65. The molecule has 2 aromatic heterocycles. The standard InChI is InChI=1S/C20H17ClN2O2S2/c1-4-23-16-13(25-3)10-9-11(2)17(16)27-20(23)22-19(24)18-15(21)12-7-5-6-8-14(12)26-18/h5-10H,4H2,1-3H3. The summed E-state index contributed by atoms with van der Waals surface area (Å²) in [5, 5.41) is 1.36. The molecule has 4 nitrogen and oxygen atoms in total. The van der Waals surface area contributed by atoms with E-state index in [-0.39, 0.29) is 5.91 Å². The SMILES string of the molecule is CCn1c(=NC(=O)c2sc3ccccc3c2Cl)sc2c(C)ccc(OC)c21. The van der Waals surface area contributed by atoms with Crippen LogP contribution in [0, 0.1) is 6.92 Å². The number of rotatable bonds is 3. The molecular weight excluding hydrogens is 400 g/mol. The summed E-state index contributed by atoms with van der Waals surface area (Å²) in [5.41, 5.74) is 2.10. The fraction of sp³-hybridized carbons (Fsp3) is 0.200. The number of aromatic nitrogens is 1. The summed E-state index contributed by atoms with van der Waals surface area (Å²) < 4.78 is 9.60. The van der Waals surface area contributed by atoms with Crippen molar-refractivity contribution in [3.8, 4) is 5.75 Å². The molecule has 0 aliphatic rings. The molecule has 4 aromatic rings. The Labute approximate surface area is 169 Å². The number of methoxy groups -OCH3 is 1. The van der Waals surface area contributed by atoms with E-state index in [4.69, 9.17) is 16.3 Å². The number of ether oxygens (including phenoxy) is 1. The number of aryl methyl sites for hydroxylation is 2. The maximum absolute atomic E-state index is 12.9. The molecule has 0 saturated carbocycles. The first-order valence-corrected chi connectivity index (χ1v) is 10.5. The molecule has 27 heavy (non-hydrogen) atoms. The highest BCUT2D eigenvalue weighted by molar-refractivity contribution is 7.21. The first-order chi connectivity index (χ1) is 13.0.